The molecule has 0 saturated heterocycles. The van der Waals surface area contributed by atoms with Crippen LogP contribution in [0.2, 0.25) is 0 Å². The van der Waals surface area contributed by atoms with E-state index in [-0.39, 0.29) is 12.4 Å². The van der Waals surface area contributed by atoms with Crippen LogP contribution in [-0.2, 0) is 16.6 Å². The van der Waals surface area contributed by atoms with Crippen LogP contribution >= 0.6 is 0 Å². The Balaban J connectivity index is 2.17. The molecule has 9 heteroatoms. The molecule has 0 aliphatic rings. The van der Waals surface area contributed by atoms with Crippen molar-refractivity contribution in [2.24, 2.45) is 0 Å². The van der Waals surface area contributed by atoms with E-state index in [0.717, 1.165) is 12.5 Å². The number of halogens is 1. The molecule has 0 atom stereocenters. The molecule has 7 nitrogen and oxygen atoms in total. The summed E-state index contributed by atoms with van der Waals surface area (Å²) in [5.41, 5.74) is 0. The summed E-state index contributed by atoms with van der Waals surface area (Å²) in [5, 5.41) is 2.74. The van der Waals surface area contributed by atoms with E-state index in [1.807, 2.05) is 0 Å². The number of pyridine rings is 1. The summed E-state index contributed by atoms with van der Waals surface area (Å²) < 4.78 is 43.0. The minimum atomic E-state index is -4.02. The smallest absolute Gasteiger partial charge is 0.261 e. The summed E-state index contributed by atoms with van der Waals surface area (Å²) in [7, 11) is -4.02. The Morgan fingerprint density at radius 3 is 2.88 bits per heavy atom. The van der Waals surface area contributed by atoms with Crippen molar-refractivity contribution in [2.45, 2.75) is 11.6 Å². The minimum absolute atomic E-state index is 0.143. The summed E-state index contributed by atoms with van der Waals surface area (Å²) in [6.45, 7) is -0.200. The van der Waals surface area contributed by atoms with Crippen molar-refractivity contribution in [3.05, 3.63) is 36.4 Å². The Hall–Kier alpha value is -1.87. The second-order valence-corrected chi connectivity index (χ2v) is 4.64. The highest BCUT2D eigenvalue weighted by atomic mass is 32.2. The van der Waals surface area contributed by atoms with Crippen LogP contribution in [-0.4, -0.2) is 23.5 Å². The van der Waals surface area contributed by atoms with Gasteiger partial charge in [-0.1, -0.05) is 5.16 Å². The van der Waals surface area contributed by atoms with Gasteiger partial charge in [-0.2, -0.15) is 4.98 Å². The molecule has 0 unspecified atom stereocenters. The van der Waals surface area contributed by atoms with E-state index in [2.05, 4.69) is 24.4 Å². The van der Waals surface area contributed by atoms with Gasteiger partial charge >= 0.3 is 0 Å². The largest absolute Gasteiger partial charge is 0.343 e. The zero-order chi connectivity index (χ0) is 12.3. The first-order valence-corrected chi connectivity index (χ1v) is 5.93. The van der Waals surface area contributed by atoms with E-state index in [4.69, 9.17) is 0 Å². The van der Waals surface area contributed by atoms with Gasteiger partial charge in [-0.25, -0.2) is 22.5 Å². The SMILES string of the molecule is O=S(=O)(NCc1ncon1)c1ncccc1F. The van der Waals surface area contributed by atoms with E-state index in [0.29, 0.717) is 0 Å². The van der Waals surface area contributed by atoms with Crippen molar-refractivity contribution in [1.82, 2.24) is 19.8 Å². The zero-order valence-electron chi connectivity index (χ0n) is 8.37. The third kappa shape index (κ3) is 2.63. The van der Waals surface area contributed by atoms with Crippen LogP contribution in [0, 0.1) is 5.82 Å². The molecule has 0 amide bonds. The van der Waals surface area contributed by atoms with Gasteiger partial charge in [0, 0.05) is 6.20 Å². The molecular formula is C8H7FN4O3S. The quantitative estimate of drug-likeness (QED) is 0.834. The Morgan fingerprint density at radius 1 is 1.41 bits per heavy atom. The average molecular weight is 258 g/mol. The van der Waals surface area contributed by atoms with Gasteiger partial charge in [0.25, 0.3) is 10.0 Å². The topological polar surface area (TPSA) is 98.0 Å². The number of rotatable bonds is 4. The van der Waals surface area contributed by atoms with Crippen LogP contribution in [0.1, 0.15) is 5.82 Å². The standard InChI is InChI=1S/C8H7FN4O3S/c9-6-2-1-3-10-8(6)17(14,15)12-4-7-11-5-16-13-7/h1-3,5,12H,4H2. The van der Waals surface area contributed by atoms with Crippen LogP contribution in [0.5, 0.6) is 0 Å². The fraction of sp³-hybridized carbons (Fsp3) is 0.125. The molecule has 0 bridgehead atoms. The van der Waals surface area contributed by atoms with Gasteiger partial charge in [-0.05, 0) is 12.1 Å². The van der Waals surface area contributed by atoms with Gasteiger partial charge in [0.1, 0.15) is 0 Å². The van der Waals surface area contributed by atoms with E-state index in [1.165, 1.54) is 12.3 Å². The molecule has 0 aliphatic heterocycles. The summed E-state index contributed by atoms with van der Waals surface area (Å²) >= 11 is 0. The summed E-state index contributed by atoms with van der Waals surface area (Å²) in [4.78, 5) is 7.08. The lowest BCUT2D eigenvalue weighted by Crippen LogP contribution is -2.25. The van der Waals surface area contributed by atoms with Crippen LogP contribution in [0.15, 0.2) is 34.3 Å². The number of hydrogen-bond acceptors (Lipinski definition) is 6. The van der Waals surface area contributed by atoms with Gasteiger partial charge in [0.15, 0.2) is 11.6 Å². The fourth-order valence-corrected chi connectivity index (χ4v) is 2.05. The predicted octanol–water partition coefficient (Wildman–Crippen LogP) is 0.0822. The maximum absolute atomic E-state index is 13.2. The molecule has 0 saturated carbocycles. The Labute approximate surface area is 95.7 Å². The number of aromatic nitrogens is 3. The number of nitrogens with one attached hydrogen (secondary N) is 1. The maximum atomic E-state index is 13.2. The molecule has 0 aromatic carbocycles. The Bertz CT molecular complexity index is 599. The maximum Gasteiger partial charge on any atom is 0.261 e. The normalized spacial score (nSPS) is 11.6. The minimum Gasteiger partial charge on any atom is -0.343 e. The van der Waals surface area contributed by atoms with E-state index < -0.39 is 20.9 Å². The zero-order valence-corrected chi connectivity index (χ0v) is 9.19. The molecule has 0 aliphatic carbocycles. The van der Waals surface area contributed by atoms with Gasteiger partial charge in [0.05, 0.1) is 6.54 Å². The molecule has 2 aromatic rings. The molecule has 17 heavy (non-hydrogen) atoms. The lowest BCUT2D eigenvalue weighted by atomic mass is 10.5. The first-order chi connectivity index (χ1) is 8.09. The van der Waals surface area contributed by atoms with E-state index in [9.17, 15) is 12.8 Å². The number of sulfonamides is 1. The third-order valence-corrected chi connectivity index (χ3v) is 3.14. The van der Waals surface area contributed by atoms with Gasteiger partial charge in [0.2, 0.25) is 11.4 Å². The highest BCUT2D eigenvalue weighted by Gasteiger charge is 2.20. The highest BCUT2D eigenvalue weighted by Crippen LogP contribution is 2.09. The number of hydrogen-bond donors (Lipinski definition) is 1. The molecule has 0 spiro atoms. The van der Waals surface area contributed by atoms with Crippen LogP contribution in [0.3, 0.4) is 0 Å². The Kier molecular flexibility index (Phi) is 3.11. The third-order valence-electron chi connectivity index (χ3n) is 1.81. The first-order valence-electron chi connectivity index (χ1n) is 4.45. The lowest BCUT2D eigenvalue weighted by molar-refractivity contribution is 0.409. The van der Waals surface area contributed by atoms with Crippen molar-refractivity contribution in [3.8, 4) is 0 Å². The number of nitrogens with zero attached hydrogens (tertiary/aromatic N) is 3. The van der Waals surface area contributed by atoms with Crippen LogP contribution in [0.4, 0.5) is 4.39 Å². The van der Waals surface area contributed by atoms with E-state index >= 15 is 0 Å². The average Bonchev–Trinajstić information content (AvgIpc) is 2.80. The van der Waals surface area contributed by atoms with Crippen molar-refractivity contribution in [2.75, 3.05) is 0 Å². The fourth-order valence-electron chi connectivity index (χ4n) is 1.07. The monoisotopic (exact) mass is 258 g/mol. The molecule has 2 aromatic heterocycles. The van der Waals surface area contributed by atoms with Crippen LogP contribution in [0.25, 0.3) is 0 Å². The summed E-state index contributed by atoms with van der Waals surface area (Å²) in [5.74, 6) is -0.780. The Morgan fingerprint density at radius 2 is 2.24 bits per heavy atom. The van der Waals surface area contributed by atoms with Crippen molar-refractivity contribution < 1.29 is 17.3 Å². The molecule has 1 N–H and O–H groups in total. The van der Waals surface area contributed by atoms with Crippen molar-refractivity contribution >= 4 is 10.0 Å². The highest BCUT2D eigenvalue weighted by molar-refractivity contribution is 7.89. The van der Waals surface area contributed by atoms with Gasteiger partial charge in [-0.3, -0.25) is 0 Å². The molecule has 2 rings (SSSR count). The second kappa shape index (κ2) is 4.55. The lowest BCUT2D eigenvalue weighted by Gasteiger charge is -2.03. The van der Waals surface area contributed by atoms with Gasteiger partial charge in [-0.15, -0.1) is 0 Å². The van der Waals surface area contributed by atoms with Crippen LogP contribution < -0.4 is 4.72 Å². The molecule has 90 valence electrons. The molecular weight excluding hydrogens is 251 g/mol. The van der Waals surface area contributed by atoms with E-state index in [1.54, 1.807) is 0 Å². The molecule has 0 fully saturated rings. The molecule has 0 radical (unpaired) electrons. The van der Waals surface area contributed by atoms with Crippen molar-refractivity contribution in [1.29, 1.82) is 0 Å². The molecule has 2 heterocycles. The summed E-state index contributed by atoms with van der Waals surface area (Å²) in [6, 6.07) is 2.31. The predicted molar refractivity (Wildman–Crippen MR) is 52.5 cm³/mol. The van der Waals surface area contributed by atoms with Crippen molar-refractivity contribution in [3.63, 3.8) is 0 Å². The second-order valence-electron chi connectivity index (χ2n) is 2.96. The summed E-state index contributed by atoms with van der Waals surface area (Å²) in [6.07, 6.45) is 2.25. The van der Waals surface area contributed by atoms with Gasteiger partial charge < -0.3 is 4.52 Å². The first kappa shape index (κ1) is 11.6.